The molecule has 4 heterocycles. The van der Waals surface area contributed by atoms with Crippen molar-refractivity contribution in [2.75, 3.05) is 13.2 Å². The topological polar surface area (TPSA) is 149 Å². The highest BCUT2D eigenvalue weighted by atomic mass is 16.6. The van der Waals surface area contributed by atoms with Crippen LogP contribution >= 0.6 is 0 Å². The summed E-state index contributed by atoms with van der Waals surface area (Å²) in [6.45, 7) is 5.02. The van der Waals surface area contributed by atoms with Gasteiger partial charge in [0, 0.05) is 35.3 Å². The number of Topliss-reactive ketones (excluding diaryl/α,β-unsaturated/α-hetero) is 1. The minimum absolute atomic E-state index is 0.114. The lowest BCUT2D eigenvalue weighted by molar-refractivity contribution is -0.377. The predicted octanol–water partition coefficient (Wildman–Crippen LogP) is 1.29. The van der Waals surface area contributed by atoms with Crippen molar-refractivity contribution in [2.24, 2.45) is 16.7 Å². The molecule has 10 atom stereocenters. The fourth-order valence-electron chi connectivity index (χ4n) is 8.85. The van der Waals surface area contributed by atoms with Crippen molar-refractivity contribution in [3.8, 4) is 0 Å². The predicted molar refractivity (Wildman–Crippen MR) is 134 cm³/mol. The monoisotopic (exact) mass is 546 g/mol. The van der Waals surface area contributed by atoms with Crippen LogP contribution in [0.25, 0.3) is 0 Å². The van der Waals surface area contributed by atoms with Gasteiger partial charge in [0.2, 0.25) is 0 Å². The third kappa shape index (κ3) is 3.48. The second-order valence-corrected chi connectivity index (χ2v) is 12.9. The first-order valence-electron chi connectivity index (χ1n) is 14.0. The van der Waals surface area contributed by atoms with Crippen LogP contribution in [0.4, 0.5) is 0 Å². The number of hydrogen-bond acceptors (Lipinski definition) is 10. The minimum atomic E-state index is -1.53. The van der Waals surface area contributed by atoms with E-state index in [-0.39, 0.29) is 44.2 Å². The van der Waals surface area contributed by atoms with Gasteiger partial charge < -0.3 is 34.3 Å². The van der Waals surface area contributed by atoms with Crippen LogP contribution in [-0.2, 0) is 33.3 Å². The summed E-state index contributed by atoms with van der Waals surface area (Å²) in [6, 6.07) is 0. The summed E-state index contributed by atoms with van der Waals surface area (Å²) < 4.78 is 24.1. The SMILES string of the molecule is CC(=O)[C@@]12CC/C=C\C(=O)O[C@@H]3C[C@H]4O[C@@H]5[C@@H]6CC4(O)C3(C)[C@]5(CC[C@@]6(C)O)COC(=O)/C=C(\CCO1)[C@H]2O. The first-order chi connectivity index (χ1) is 18.3. The smallest absolute Gasteiger partial charge is 0.330 e. The van der Waals surface area contributed by atoms with Crippen molar-refractivity contribution in [1.82, 2.24) is 0 Å². The molecule has 4 aliphatic heterocycles. The van der Waals surface area contributed by atoms with E-state index in [4.69, 9.17) is 18.9 Å². The molecule has 7 rings (SSSR count). The largest absolute Gasteiger partial charge is 0.462 e. The number of hydrogen-bond donors (Lipinski definition) is 3. The highest BCUT2D eigenvalue weighted by molar-refractivity contribution is 5.88. The van der Waals surface area contributed by atoms with Gasteiger partial charge in [0.1, 0.15) is 24.4 Å². The molecule has 10 heteroatoms. The molecule has 6 fully saturated rings. The number of aliphatic hydroxyl groups excluding tert-OH is 1. The molecule has 8 bridgehead atoms. The maximum Gasteiger partial charge on any atom is 0.330 e. The Morgan fingerprint density at radius 1 is 1.08 bits per heavy atom. The van der Waals surface area contributed by atoms with Gasteiger partial charge in [-0.05, 0) is 57.9 Å². The number of esters is 2. The summed E-state index contributed by atoms with van der Waals surface area (Å²) in [4.78, 5) is 38.9. The Bertz CT molecular complexity index is 1160. The van der Waals surface area contributed by atoms with E-state index in [1.807, 2.05) is 6.92 Å². The van der Waals surface area contributed by atoms with E-state index in [1.54, 1.807) is 13.0 Å². The van der Waals surface area contributed by atoms with Crippen LogP contribution in [0.3, 0.4) is 0 Å². The van der Waals surface area contributed by atoms with Crippen LogP contribution in [0.1, 0.15) is 65.7 Å². The Morgan fingerprint density at radius 2 is 1.85 bits per heavy atom. The molecular formula is C29H38O10. The molecule has 3 saturated carbocycles. The van der Waals surface area contributed by atoms with Gasteiger partial charge in [-0.2, -0.15) is 0 Å². The van der Waals surface area contributed by atoms with Crippen LogP contribution in [0.2, 0.25) is 0 Å². The zero-order valence-electron chi connectivity index (χ0n) is 22.7. The molecule has 214 valence electrons. The summed E-state index contributed by atoms with van der Waals surface area (Å²) in [7, 11) is 0. The number of fused-ring (bicyclic) bond motifs is 2. The molecule has 10 nitrogen and oxygen atoms in total. The van der Waals surface area contributed by atoms with Gasteiger partial charge in [-0.15, -0.1) is 0 Å². The highest BCUT2D eigenvalue weighted by Crippen LogP contribution is 2.74. The van der Waals surface area contributed by atoms with E-state index >= 15 is 0 Å². The van der Waals surface area contributed by atoms with Crippen molar-refractivity contribution in [3.63, 3.8) is 0 Å². The second-order valence-electron chi connectivity index (χ2n) is 12.9. The second kappa shape index (κ2) is 8.69. The van der Waals surface area contributed by atoms with Crippen molar-refractivity contribution in [2.45, 2.75) is 107 Å². The van der Waals surface area contributed by atoms with E-state index in [0.717, 1.165) is 0 Å². The van der Waals surface area contributed by atoms with Gasteiger partial charge in [0.15, 0.2) is 11.4 Å². The van der Waals surface area contributed by atoms with Gasteiger partial charge in [-0.1, -0.05) is 13.0 Å². The molecule has 7 aliphatic rings. The Morgan fingerprint density at radius 3 is 2.59 bits per heavy atom. The zero-order chi connectivity index (χ0) is 28.0. The fourth-order valence-corrected chi connectivity index (χ4v) is 8.85. The lowest BCUT2D eigenvalue weighted by atomic mass is 9.40. The standard InChI is InChI=1S/C29H38O10/c1-16(30)28-8-5-4-6-21(31)38-19-13-20-29(35)14-18-24(39-20)27(26(19,29)3,10-9-25(18,2)34)15-36-22(32)12-17(23(28)33)7-11-37-28/h4,6,12,18-20,23-24,33-35H,5,7-11,13-15H2,1-3H3/b6-4-,17-12+/t18-,19+,20+,23+,24+,25+,26?,27+,28+,29?/m0/s1. The Kier molecular flexibility index (Phi) is 6.04. The van der Waals surface area contributed by atoms with Crippen LogP contribution in [0.5, 0.6) is 0 Å². The summed E-state index contributed by atoms with van der Waals surface area (Å²) in [5.74, 6) is -2.02. The Balaban J connectivity index is 1.42. The van der Waals surface area contributed by atoms with Gasteiger partial charge in [0.25, 0.3) is 0 Å². The van der Waals surface area contributed by atoms with E-state index in [1.165, 1.54) is 19.1 Å². The summed E-state index contributed by atoms with van der Waals surface area (Å²) in [5, 5.41) is 34.6. The first kappa shape index (κ1) is 27.1. The average Bonchev–Trinajstić information content (AvgIpc) is 3.02. The average molecular weight is 547 g/mol. The molecule has 0 aromatic rings. The maximum atomic E-state index is 13.2. The molecule has 3 N–H and O–H groups in total. The normalized spacial score (nSPS) is 53.3. The van der Waals surface area contributed by atoms with Gasteiger partial charge in [-0.3, -0.25) is 4.79 Å². The van der Waals surface area contributed by atoms with E-state index in [9.17, 15) is 29.7 Å². The van der Waals surface area contributed by atoms with Crippen molar-refractivity contribution < 1.29 is 48.7 Å². The zero-order valence-corrected chi connectivity index (χ0v) is 22.7. The third-order valence-electron chi connectivity index (χ3n) is 11.3. The summed E-state index contributed by atoms with van der Waals surface area (Å²) in [6.07, 6.45) is 3.04. The Hall–Kier alpha value is -2.11. The molecule has 0 radical (unpaired) electrons. The summed E-state index contributed by atoms with van der Waals surface area (Å²) in [5.41, 5.74) is -5.55. The van der Waals surface area contributed by atoms with E-state index in [0.29, 0.717) is 31.3 Å². The lowest BCUT2D eigenvalue weighted by Crippen LogP contribution is -2.80. The van der Waals surface area contributed by atoms with Crippen LogP contribution in [-0.4, -0.2) is 87.5 Å². The van der Waals surface area contributed by atoms with Crippen LogP contribution in [0.15, 0.2) is 23.8 Å². The highest BCUT2D eigenvalue weighted by Gasteiger charge is 2.83. The van der Waals surface area contributed by atoms with E-state index in [2.05, 4.69) is 0 Å². The van der Waals surface area contributed by atoms with Gasteiger partial charge in [0.05, 0.1) is 24.4 Å². The number of aliphatic hydroxyl groups is 3. The quantitative estimate of drug-likeness (QED) is 0.411. The van der Waals surface area contributed by atoms with Crippen molar-refractivity contribution in [1.29, 1.82) is 0 Å². The number of ketones is 1. The lowest BCUT2D eigenvalue weighted by Gasteiger charge is -2.71. The number of rotatable bonds is 1. The van der Waals surface area contributed by atoms with Gasteiger partial charge in [-0.25, -0.2) is 9.59 Å². The summed E-state index contributed by atoms with van der Waals surface area (Å²) >= 11 is 0. The number of allylic oxidation sites excluding steroid dienone is 1. The molecule has 2 unspecified atom stereocenters. The van der Waals surface area contributed by atoms with Crippen LogP contribution in [0, 0.1) is 16.7 Å². The number of carbonyl (C=O) groups excluding carboxylic acids is 3. The molecule has 39 heavy (non-hydrogen) atoms. The molecule has 0 aromatic carbocycles. The molecule has 3 aliphatic carbocycles. The van der Waals surface area contributed by atoms with Crippen molar-refractivity contribution >= 4 is 17.7 Å². The van der Waals surface area contributed by atoms with Gasteiger partial charge >= 0.3 is 11.9 Å². The molecule has 0 aromatic heterocycles. The third-order valence-corrected chi connectivity index (χ3v) is 11.3. The molecule has 3 saturated heterocycles. The maximum absolute atomic E-state index is 13.2. The van der Waals surface area contributed by atoms with Crippen LogP contribution < -0.4 is 0 Å². The Labute approximate surface area is 227 Å². The minimum Gasteiger partial charge on any atom is -0.462 e. The first-order valence-corrected chi connectivity index (χ1v) is 14.0. The molecule has 1 spiro atoms. The molecule has 0 amide bonds. The number of cyclic esters (lactones) is 1. The number of carbonyl (C=O) groups is 3. The number of ether oxygens (including phenoxy) is 4. The molecular weight excluding hydrogens is 508 g/mol. The van der Waals surface area contributed by atoms with Crippen molar-refractivity contribution in [3.05, 3.63) is 23.8 Å². The fraction of sp³-hybridized carbons (Fsp3) is 0.759. The van der Waals surface area contributed by atoms with E-state index < -0.39 is 64.0 Å².